The van der Waals surface area contributed by atoms with Crippen LogP contribution in [0.3, 0.4) is 0 Å². The van der Waals surface area contributed by atoms with E-state index in [1.807, 2.05) is 6.07 Å². The molecule has 17 heavy (non-hydrogen) atoms. The van der Waals surface area contributed by atoms with E-state index in [9.17, 15) is 0 Å². The highest BCUT2D eigenvalue weighted by molar-refractivity contribution is 8.00. The summed E-state index contributed by atoms with van der Waals surface area (Å²) in [6.07, 6.45) is -0.243. The van der Waals surface area contributed by atoms with Crippen LogP contribution in [0.2, 0.25) is 0 Å². The van der Waals surface area contributed by atoms with Crippen LogP contribution in [0.4, 0.5) is 0 Å². The van der Waals surface area contributed by atoms with Crippen LogP contribution in [0, 0.1) is 0 Å². The van der Waals surface area contributed by atoms with Gasteiger partial charge in [-0.05, 0) is 25.5 Å². The highest BCUT2D eigenvalue weighted by Crippen LogP contribution is 2.45. The maximum absolute atomic E-state index is 6.10. The van der Waals surface area contributed by atoms with Crippen LogP contribution in [0.1, 0.15) is 19.4 Å². The summed E-state index contributed by atoms with van der Waals surface area (Å²) in [4.78, 5) is 1.26. The highest BCUT2D eigenvalue weighted by Gasteiger charge is 2.39. The zero-order valence-corrected chi connectivity index (χ0v) is 10.8. The van der Waals surface area contributed by atoms with Crippen molar-refractivity contribution < 1.29 is 14.2 Å². The molecule has 2 aliphatic rings. The summed E-state index contributed by atoms with van der Waals surface area (Å²) in [7, 11) is 0. The molecule has 0 N–H and O–H groups in total. The molecule has 0 spiro atoms. The minimum atomic E-state index is -0.290. The lowest BCUT2D eigenvalue weighted by molar-refractivity contribution is -0.155. The topological polar surface area (TPSA) is 27.7 Å². The molecule has 3 nitrogen and oxygen atoms in total. The van der Waals surface area contributed by atoms with Gasteiger partial charge in [0.2, 0.25) is 0 Å². The molecule has 0 saturated carbocycles. The number of benzene rings is 1. The second kappa shape index (κ2) is 4.28. The summed E-state index contributed by atoms with van der Waals surface area (Å²) in [5.41, 5.74) is 0.864. The Morgan fingerprint density at radius 1 is 1.18 bits per heavy atom. The molecule has 3 rings (SSSR count). The van der Waals surface area contributed by atoms with E-state index in [4.69, 9.17) is 14.2 Å². The van der Waals surface area contributed by atoms with Crippen molar-refractivity contribution in [3.05, 3.63) is 29.8 Å². The van der Waals surface area contributed by atoms with Crippen molar-refractivity contribution in [1.82, 2.24) is 0 Å². The molecule has 0 bridgehead atoms. The third-order valence-electron chi connectivity index (χ3n) is 3.06. The van der Waals surface area contributed by atoms with Crippen LogP contribution < -0.4 is 0 Å². The first-order chi connectivity index (χ1) is 8.17. The lowest BCUT2D eigenvalue weighted by atomic mass is 9.98. The molecule has 1 aromatic rings. The van der Waals surface area contributed by atoms with E-state index in [0.717, 1.165) is 0 Å². The van der Waals surface area contributed by atoms with Gasteiger partial charge >= 0.3 is 0 Å². The minimum Gasteiger partial charge on any atom is -0.351 e. The zero-order valence-electron chi connectivity index (χ0n) is 10.0. The molecule has 0 aliphatic carbocycles. The second-order valence-electron chi connectivity index (χ2n) is 4.72. The molecule has 0 aromatic heterocycles. The first-order valence-corrected chi connectivity index (χ1v) is 6.72. The highest BCUT2D eigenvalue weighted by atomic mass is 32.2. The van der Waals surface area contributed by atoms with Gasteiger partial charge in [-0.1, -0.05) is 30.0 Å². The Balaban J connectivity index is 1.90. The second-order valence-corrected chi connectivity index (χ2v) is 5.86. The maximum atomic E-state index is 6.10. The molecule has 2 heterocycles. The normalized spacial score (nSPS) is 28.0. The van der Waals surface area contributed by atoms with Crippen molar-refractivity contribution in [2.24, 2.45) is 0 Å². The number of hydrogen-bond donors (Lipinski definition) is 0. The van der Waals surface area contributed by atoms with E-state index in [1.54, 1.807) is 11.8 Å². The average Bonchev–Trinajstić information content (AvgIpc) is 2.81. The van der Waals surface area contributed by atoms with Gasteiger partial charge in [-0.2, -0.15) is 0 Å². The zero-order chi connectivity index (χ0) is 11.9. The molecule has 1 unspecified atom stereocenters. The van der Waals surface area contributed by atoms with E-state index in [0.29, 0.717) is 13.2 Å². The van der Waals surface area contributed by atoms with E-state index in [1.165, 1.54) is 10.5 Å². The summed E-state index contributed by atoms with van der Waals surface area (Å²) in [6.45, 7) is 5.50. The molecule has 0 amide bonds. The van der Waals surface area contributed by atoms with E-state index in [-0.39, 0.29) is 17.3 Å². The van der Waals surface area contributed by atoms with Crippen molar-refractivity contribution in [3.8, 4) is 0 Å². The van der Waals surface area contributed by atoms with Crippen molar-refractivity contribution in [2.45, 2.75) is 36.1 Å². The Hall–Kier alpha value is -0.550. The van der Waals surface area contributed by atoms with Gasteiger partial charge in [-0.3, -0.25) is 0 Å². The van der Waals surface area contributed by atoms with Crippen LogP contribution in [0.15, 0.2) is 29.2 Å². The predicted octanol–water partition coefficient (Wildman–Crippen LogP) is 2.74. The lowest BCUT2D eigenvalue weighted by Crippen LogP contribution is -2.38. The first kappa shape index (κ1) is 11.5. The quantitative estimate of drug-likeness (QED) is 0.768. The van der Waals surface area contributed by atoms with Crippen LogP contribution >= 0.6 is 11.8 Å². The van der Waals surface area contributed by atoms with Crippen LogP contribution in [0.5, 0.6) is 0 Å². The first-order valence-electron chi connectivity index (χ1n) is 5.84. The molecular formula is C13H16O3S. The average molecular weight is 252 g/mol. The van der Waals surface area contributed by atoms with Gasteiger partial charge in [0, 0.05) is 4.90 Å². The molecular weight excluding hydrogens is 236 g/mol. The largest absolute Gasteiger partial charge is 0.351 e. The van der Waals surface area contributed by atoms with Gasteiger partial charge in [0.1, 0.15) is 0 Å². The van der Waals surface area contributed by atoms with Crippen LogP contribution in [-0.4, -0.2) is 24.9 Å². The fourth-order valence-electron chi connectivity index (χ4n) is 2.21. The van der Waals surface area contributed by atoms with Crippen molar-refractivity contribution in [1.29, 1.82) is 0 Å². The number of fused-ring (bicyclic) bond motifs is 1. The van der Waals surface area contributed by atoms with Gasteiger partial charge in [-0.25, -0.2) is 0 Å². The monoisotopic (exact) mass is 252 g/mol. The standard InChI is InChI=1S/C13H16O3S/c1-13(2)9-5-3-4-6-10(9)17-12(16-13)11-14-7-8-15-11/h3-6,11-12H,7-8H2,1-2H3. The van der Waals surface area contributed by atoms with Gasteiger partial charge in [0.25, 0.3) is 0 Å². The van der Waals surface area contributed by atoms with Crippen LogP contribution in [-0.2, 0) is 19.8 Å². The van der Waals surface area contributed by atoms with Gasteiger partial charge in [0.15, 0.2) is 11.7 Å². The summed E-state index contributed by atoms with van der Waals surface area (Å²) in [5.74, 6) is 0. The molecule has 1 saturated heterocycles. The van der Waals surface area contributed by atoms with Crippen molar-refractivity contribution in [2.75, 3.05) is 13.2 Å². The Bertz CT molecular complexity index is 413. The summed E-state index contributed by atoms with van der Waals surface area (Å²) in [6, 6.07) is 8.36. The van der Waals surface area contributed by atoms with Crippen LogP contribution in [0.25, 0.3) is 0 Å². The van der Waals surface area contributed by atoms with Crippen molar-refractivity contribution >= 4 is 11.8 Å². The molecule has 92 valence electrons. The number of hydrogen-bond acceptors (Lipinski definition) is 4. The summed E-state index contributed by atoms with van der Waals surface area (Å²) >= 11 is 1.68. The summed E-state index contributed by atoms with van der Waals surface area (Å²) < 4.78 is 17.2. The van der Waals surface area contributed by atoms with Gasteiger partial charge in [-0.15, -0.1) is 0 Å². The molecule has 4 heteroatoms. The number of ether oxygens (including phenoxy) is 3. The molecule has 1 aromatic carbocycles. The fraction of sp³-hybridized carbons (Fsp3) is 0.538. The minimum absolute atomic E-state index is 0.0811. The number of rotatable bonds is 1. The molecule has 2 aliphatic heterocycles. The fourth-order valence-corrected chi connectivity index (χ4v) is 3.62. The third kappa shape index (κ3) is 2.10. The third-order valence-corrected chi connectivity index (χ3v) is 4.22. The van der Waals surface area contributed by atoms with Gasteiger partial charge in [0.05, 0.1) is 18.8 Å². The van der Waals surface area contributed by atoms with E-state index >= 15 is 0 Å². The summed E-state index contributed by atoms with van der Waals surface area (Å²) in [5, 5.41) is 0. The molecule has 1 fully saturated rings. The predicted molar refractivity (Wildman–Crippen MR) is 65.9 cm³/mol. The lowest BCUT2D eigenvalue weighted by Gasteiger charge is -2.38. The smallest absolute Gasteiger partial charge is 0.193 e. The molecule has 1 atom stereocenters. The Morgan fingerprint density at radius 3 is 2.65 bits per heavy atom. The Labute approximate surface area is 105 Å². The molecule has 0 radical (unpaired) electrons. The van der Waals surface area contributed by atoms with Crippen molar-refractivity contribution in [3.63, 3.8) is 0 Å². The Morgan fingerprint density at radius 2 is 1.88 bits per heavy atom. The van der Waals surface area contributed by atoms with E-state index < -0.39 is 0 Å². The van der Waals surface area contributed by atoms with E-state index in [2.05, 4.69) is 32.0 Å². The Kier molecular flexibility index (Phi) is 2.91. The van der Waals surface area contributed by atoms with Gasteiger partial charge < -0.3 is 14.2 Å². The number of thioether (sulfide) groups is 1. The SMILES string of the molecule is CC1(C)OC(C2OCCO2)Sc2ccccc21. The maximum Gasteiger partial charge on any atom is 0.193 e.